The Morgan fingerprint density at radius 2 is 1.71 bits per heavy atom. The Kier molecular flexibility index (Phi) is 5.75. The van der Waals surface area contributed by atoms with Gasteiger partial charge in [0.1, 0.15) is 11.6 Å². The van der Waals surface area contributed by atoms with Crippen molar-refractivity contribution < 1.29 is 19.0 Å². The number of fused-ring (bicyclic) bond motifs is 3. The molecule has 3 atom stereocenters. The highest BCUT2D eigenvalue weighted by Crippen LogP contribution is 2.56. The Morgan fingerprint density at radius 1 is 1.03 bits per heavy atom. The molecule has 0 saturated carbocycles. The standard InChI is InChI=1S/C27H27N3O4/c1-26(2,3)34-25(31)24-23(18-10-12-20(32-4)21(14-18)33-5)27(15-28,16-29)22-13-11-17-8-6-7-9-19(17)30(22)24/h6-14,22-24H,1-5H3. The lowest BCUT2D eigenvalue weighted by Gasteiger charge is -2.36. The van der Waals surface area contributed by atoms with Crippen LogP contribution in [0.4, 0.5) is 5.69 Å². The number of anilines is 1. The zero-order chi connectivity index (χ0) is 24.7. The fraction of sp³-hybridized carbons (Fsp3) is 0.370. The molecule has 0 spiro atoms. The van der Waals surface area contributed by atoms with E-state index in [1.165, 1.54) is 14.2 Å². The Hall–Kier alpha value is -3.97. The van der Waals surface area contributed by atoms with Crippen LogP contribution in [0.5, 0.6) is 11.5 Å². The van der Waals surface area contributed by atoms with Crippen LogP contribution < -0.4 is 14.4 Å². The summed E-state index contributed by atoms with van der Waals surface area (Å²) >= 11 is 0. The molecule has 7 nitrogen and oxygen atoms in total. The van der Waals surface area contributed by atoms with E-state index in [-0.39, 0.29) is 0 Å². The molecule has 0 aromatic heterocycles. The van der Waals surface area contributed by atoms with Gasteiger partial charge in [0, 0.05) is 11.6 Å². The topological polar surface area (TPSA) is 95.6 Å². The van der Waals surface area contributed by atoms with Gasteiger partial charge in [0.15, 0.2) is 16.9 Å². The van der Waals surface area contributed by atoms with Crippen LogP contribution in [0, 0.1) is 28.1 Å². The molecule has 2 aliphatic rings. The van der Waals surface area contributed by atoms with Crippen LogP contribution in [0.1, 0.15) is 37.8 Å². The quantitative estimate of drug-likeness (QED) is 0.626. The average Bonchev–Trinajstić information content (AvgIpc) is 3.13. The van der Waals surface area contributed by atoms with E-state index in [2.05, 4.69) is 12.1 Å². The van der Waals surface area contributed by atoms with Gasteiger partial charge in [-0.05, 0) is 50.1 Å². The molecule has 174 valence electrons. The predicted molar refractivity (Wildman–Crippen MR) is 127 cm³/mol. The number of carbonyl (C=O) groups is 1. The van der Waals surface area contributed by atoms with Crippen molar-refractivity contribution in [3.8, 4) is 23.6 Å². The van der Waals surface area contributed by atoms with Crippen LogP contribution in [-0.4, -0.2) is 37.9 Å². The second-order valence-corrected chi connectivity index (χ2v) is 9.43. The first kappa shape index (κ1) is 23.2. The molecule has 3 unspecified atom stereocenters. The Balaban J connectivity index is 1.99. The monoisotopic (exact) mass is 457 g/mol. The van der Waals surface area contributed by atoms with Crippen molar-refractivity contribution in [3.05, 3.63) is 59.7 Å². The zero-order valence-corrected chi connectivity index (χ0v) is 19.9. The molecule has 2 aliphatic heterocycles. The highest BCUT2D eigenvalue weighted by molar-refractivity contribution is 5.88. The third-order valence-corrected chi connectivity index (χ3v) is 6.33. The molecule has 7 heteroatoms. The highest BCUT2D eigenvalue weighted by atomic mass is 16.6. The molecule has 4 rings (SSSR count). The number of methoxy groups -OCH3 is 2. The van der Waals surface area contributed by atoms with E-state index < -0.39 is 35.0 Å². The van der Waals surface area contributed by atoms with Gasteiger partial charge in [0.25, 0.3) is 0 Å². The number of hydrogen-bond acceptors (Lipinski definition) is 7. The van der Waals surface area contributed by atoms with Crippen LogP contribution >= 0.6 is 0 Å². The van der Waals surface area contributed by atoms with Crippen LogP contribution in [0.2, 0.25) is 0 Å². The Labute approximate surface area is 199 Å². The number of esters is 1. The van der Waals surface area contributed by atoms with Gasteiger partial charge in [0.2, 0.25) is 0 Å². The van der Waals surface area contributed by atoms with Crippen molar-refractivity contribution in [3.63, 3.8) is 0 Å². The van der Waals surface area contributed by atoms with Crippen LogP contribution in [0.3, 0.4) is 0 Å². The molecule has 2 heterocycles. The summed E-state index contributed by atoms with van der Waals surface area (Å²) in [6.45, 7) is 5.40. The fourth-order valence-corrected chi connectivity index (χ4v) is 4.99. The summed E-state index contributed by atoms with van der Waals surface area (Å²) in [5.74, 6) is -0.332. The van der Waals surface area contributed by atoms with E-state index in [1.807, 2.05) is 41.3 Å². The third kappa shape index (κ3) is 3.54. The summed E-state index contributed by atoms with van der Waals surface area (Å²) in [7, 11) is 3.05. The maximum atomic E-state index is 13.7. The lowest BCUT2D eigenvalue weighted by molar-refractivity contribution is -0.156. The minimum Gasteiger partial charge on any atom is -0.493 e. The van der Waals surface area contributed by atoms with E-state index in [9.17, 15) is 15.3 Å². The van der Waals surface area contributed by atoms with Gasteiger partial charge in [-0.25, -0.2) is 4.79 Å². The van der Waals surface area contributed by atoms with Crippen molar-refractivity contribution in [2.24, 2.45) is 5.41 Å². The van der Waals surface area contributed by atoms with Crippen molar-refractivity contribution in [1.29, 1.82) is 10.5 Å². The molecular weight excluding hydrogens is 430 g/mol. The molecule has 1 fully saturated rings. The summed E-state index contributed by atoms with van der Waals surface area (Å²) in [4.78, 5) is 15.6. The van der Waals surface area contributed by atoms with Gasteiger partial charge in [0.05, 0.1) is 32.4 Å². The first-order chi connectivity index (χ1) is 16.2. The van der Waals surface area contributed by atoms with E-state index in [1.54, 1.807) is 39.0 Å². The van der Waals surface area contributed by atoms with Gasteiger partial charge in [-0.2, -0.15) is 10.5 Å². The van der Waals surface area contributed by atoms with Crippen LogP contribution in [0.15, 0.2) is 48.5 Å². The van der Waals surface area contributed by atoms with Gasteiger partial charge < -0.3 is 19.1 Å². The summed E-state index contributed by atoms with van der Waals surface area (Å²) in [5, 5.41) is 20.9. The summed E-state index contributed by atoms with van der Waals surface area (Å²) in [5.41, 5.74) is 0.0148. The first-order valence-electron chi connectivity index (χ1n) is 11.0. The fourth-order valence-electron chi connectivity index (χ4n) is 4.99. The lowest BCUT2D eigenvalue weighted by atomic mass is 9.70. The van der Waals surface area contributed by atoms with Crippen molar-refractivity contribution in [2.45, 2.75) is 44.4 Å². The third-order valence-electron chi connectivity index (χ3n) is 6.33. The first-order valence-corrected chi connectivity index (χ1v) is 11.0. The molecule has 0 aliphatic carbocycles. The van der Waals surface area contributed by atoms with Crippen molar-refractivity contribution >= 4 is 17.7 Å². The summed E-state index contributed by atoms with van der Waals surface area (Å²) < 4.78 is 16.7. The second kappa shape index (κ2) is 8.43. The van der Waals surface area contributed by atoms with Crippen molar-refractivity contribution in [1.82, 2.24) is 0 Å². The van der Waals surface area contributed by atoms with E-state index >= 15 is 0 Å². The van der Waals surface area contributed by atoms with Gasteiger partial charge >= 0.3 is 5.97 Å². The molecule has 2 aromatic carbocycles. The Bertz CT molecular complexity index is 1220. The molecule has 34 heavy (non-hydrogen) atoms. The second-order valence-electron chi connectivity index (χ2n) is 9.43. The number of ether oxygens (including phenoxy) is 3. The SMILES string of the molecule is COc1ccc(C2C(C(=O)OC(C)(C)C)N3c4ccccc4C=CC3C2(C#N)C#N)cc1OC. The van der Waals surface area contributed by atoms with E-state index in [0.717, 1.165) is 11.3 Å². The average molecular weight is 458 g/mol. The maximum absolute atomic E-state index is 13.7. The molecule has 0 radical (unpaired) electrons. The highest BCUT2D eigenvalue weighted by Gasteiger charge is 2.64. The zero-order valence-electron chi connectivity index (χ0n) is 19.9. The number of para-hydroxylation sites is 1. The molecular formula is C27H27N3O4. The molecule has 0 bridgehead atoms. The number of nitriles is 2. The molecule has 0 amide bonds. The van der Waals surface area contributed by atoms with Crippen LogP contribution in [-0.2, 0) is 9.53 Å². The summed E-state index contributed by atoms with van der Waals surface area (Å²) in [6.07, 6.45) is 3.75. The van der Waals surface area contributed by atoms with E-state index in [0.29, 0.717) is 17.1 Å². The van der Waals surface area contributed by atoms with Crippen molar-refractivity contribution in [2.75, 3.05) is 19.1 Å². The van der Waals surface area contributed by atoms with Gasteiger partial charge in [-0.15, -0.1) is 0 Å². The number of benzene rings is 2. The predicted octanol–water partition coefficient (Wildman–Crippen LogP) is 4.45. The largest absolute Gasteiger partial charge is 0.493 e. The normalized spacial score (nSPS) is 22.1. The number of rotatable bonds is 4. The van der Waals surface area contributed by atoms with Gasteiger partial charge in [-0.3, -0.25) is 0 Å². The number of carbonyl (C=O) groups excluding carboxylic acids is 1. The smallest absolute Gasteiger partial charge is 0.330 e. The van der Waals surface area contributed by atoms with E-state index in [4.69, 9.17) is 14.2 Å². The number of nitrogens with zero attached hydrogens (tertiary/aromatic N) is 3. The lowest BCUT2D eigenvalue weighted by Crippen LogP contribution is -2.46. The van der Waals surface area contributed by atoms with Gasteiger partial charge in [-0.1, -0.05) is 36.4 Å². The molecule has 1 saturated heterocycles. The molecule has 2 aromatic rings. The Morgan fingerprint density at radius 3 is 2.32 bits per heavy atom. The van der Waals surface area contributed by atoms with Crippen LogP contribution in [0.25, 0.3) is 6.08 Å². The maximum Gasteiger partial charge on any atom is 0.330 e. The summed E-state index contributed by atoms with van der Waals surface area (Å²) in [6, 6.07) is 15.9. The minimum atomic E-state index is -1.55. The number of hydrogen-bond donors (Lipinski definition) is 0. The molecule has 0 N–H and O–H groups in total. The minimum absolute atomic E-state index is 0.452.